The van der Waals surface area contributed by atoms with E-state index in [1.54, 1.807) is 66.9 Å². The molecule has 126 valence electrons. The summed E-state index contributed by atoms with van der Waals surface area (Å²) >= 11 is 0. The summed E-state index contributed by atoms with van der Waals surface area (Å²) in [6.07, 6.45) is 3.05. The first kappa shape index (κ1) is 17.3. The highest BCUT2D eigenvalue weighted by molar-refractivity contribution is 7.94. The Kier molecular flexibility index (Phi) is 5.21. The first-order valence-corrected chi connectivity index (χ1v) is 10.2. The molecular formula is C19H15NO3S2. The monoisotopic (exact) mass is 369 g/mol. The van der Waals surface area contributed by atoms with Gasteiger partial charge in [0.05, 0.1) is 9.79 Å². The summed E-state index contributed by atoms with van der Waals surface area (Å²) in [5.41, 5.74) is 0.575. The van der Waals surface area contributed by atoms with Crippen molar-refractivity contribution in [1.82, 2.24) is 4.98 Å². The van der Waals surface area contributed by atoms with Crippen LogP contribution in [0.1, 0.15) is 5.56 Å². The van der Waals surface area contributed by atoms with Crippen LogP contribution in [0, 0.1) is 0 Å². The number of rotatable bonds is 5. The molecule has 1 heterocycles. The zero-order chi connectivity index (χ0) is 17.7. The second-order valence-electron chi connectivity index (χ2n) is 5.14. The molecule has 25 heavy (non-hydrogen) atoms. The van der Waals surface area contributed by atoms with Gasteiger partial charge < -0.3 is 0 Å². The van der Waals surface area contributed by atoms with Gasteiger partial charge in [0.15, 0.2) is 9.84 Å². The standard InChI is InChI=1S/C19H15NO3S2/c21-24(19-12-6-7-14-20-19)18-11-5-4-8-16(18)13-15-25(22,23)17-9-2-1-3-10-17/h1-15H/b15-13+. The average Bonchev–Trinajstić information content (AvgIpc) is 2.67. The van der Waals surface area contributed by atoms with Crippen molar-refractivity contribution in [2.24, 2.45) is 0 Å². The minimum absolute atomic E-state index is 0.217. The molecule has 1 aromatic heterocycles. The van der Waals surface area contributed by atoms with E-state index in [1.165, 1.54) is 18.2 Å². The van der Waals surface area contributed by atoms with Crippen molar-refractivity contribution < 1.29 is 12.6 Å². The van der Waals surface area contributed by atoms with Gasteiger partial charge in [-0.1, -0.05) is 42.5 Å². The smallest absolute Gasteiger partial charge is 0.199 e. The van der Waals surface area contributed by atoms with E-state index in [9.17, 15) is 12.6 Å². The number of hydrogen-bond acceptors (Lipinski definition) is 4. The number of benzene rings is 2. The molecule has 0 saturated carbocycles. The third kappa shape index (κ3) is 4.10. The van der Waals surface area contributed by atoms with E-state index in [2.05, 4.69) is 4.98 Å². The SMILES string of the molecule is O=S(c1ccccn1)c1ccccc1/C=C/S(=O)(=O)c1ccccc1. The lowest BCUT2D eigenvalue weighted by Gasteiger charge is -2.05. The number of pyridine rings is 1. The van der Waals surface area contributed by atoms with Crippen LogP contribution in [0.25, 0.3) is 6.08 Å². The lowest BCUT2D eigenvalue weighted by atomic mass is 10.2. The Hall–Kier alpha value is -2.57. The zero-order valence-corrected chi connectivity index (χ0v) is 14.8. The Balaban J connectivity index is 1.96. The van der Waals surface area contributed by atoms with E-state index in [0.29, 0.717) is 15.5 Å². The molecule has 0 spiro atoms. The second kappa shape index (κ2) is 7.55. The summed E-state index contributed by atoms with van der Waals surface area (Å²) in [6.45, 7) is 0. The summed E-state index contributed by atoms with van der Waals surface area (Å²) in [6, 6.07) is 20.3. The quantitative estimate of drug-likeness (QED) is 0.688. The maximum Gasteiger partial charge on any atom is 0.199 e. The molecule has 0 bridgehead atoms. The Morgan fingerprint density at radius 1 is 0.840 bits per heavy atom. The number of sulfone groups is 1. The fraction of sp³-hybridized carbons (Fsp3) is 0. The van der Waals surface area contributed by atoms with Gasteiger partial charge in [0.25, 0.3) is 0 Å². The van der Waals surface area contributed by atoms with Gasteiger partial charge in [0, 0.05) is 11.6 Å². The largest absolute Gasteiger partial charge is 0.247 e. The molecule has 4 nitrogen and oxygen atoms in total. The van der Waals surface area contributed by atoms with Gasteiger partial charge in [0.2, 0.25) is 0 Å². The van der Waals surface area contributed by atoms with Gasteiger partial charge >= 0.3 is 0 Å². The molecule has 0 aliphatic carbocycles. The van der Waals surface area contributed by atoms with Gasteiger partial charge in [0.1, 0.15) is 15.8 Å². The Labute approximate surface area is 149 Å². The van der Waals surface area contributed by atoms with Crippen LogP contribution in [-0.4, -0.2) is 17.6 Å². The molecule has 3 rings (SSSR count). The van der Waals surface area contributed by atoms with Crippen LogP contribution in [-0.2, 0) is 20.6 Å². The predicted octanol–water partition coefficient (Wildman–Crippen LogP) is 3.69. The van der Waals surface area contributed by atoms with Crippen molar-refractivity contribution in [3.63, 3.8) is 0 Å². The minimum atomic E-state index is -3.56. The Morgan fingerprint density at radius 2 is 1.52 bits per heavy atom. The lowest BCUT2D eigenvalue weighted by Crippen LogP contribution is -1.99. The van der Waals surface area contributed by atoms with Gasteiger partial charge in [-0.25, -0.2) is 17.6 Å². The summed E-state index contributed by atoms with van der Waals surface area (Å²) < 4.78 is 37.5. The van der Waals surface area contributed by atoms with Gasteiger partial charge in [-0.05, 0) is 42.0 Å². The third-order valence-corrected chi connectivity index (χ3v) is 6.26. The molecule has 0 aliphatic rings. The molecule has 0 aliphatic heterocycles. The van der Waals surface area contributed by atoms with E-state index in [4.69, 9.17) is 0 Å². The normalized spacial score (nSPS) is 13.0. The topological polar surface area (TPSA) is 64.1 Å². The molecule has 0 saturated heterocycles. The van der Waals surface area contributed by atoms with Crippen molar-refractivity contribution in [2.75, 3.05) is 0 Å². The zero-order valence-electron chi connectivity index (χ0n) is 13.1. The molecule has 3 aromatic rings. The van der Waals surface area contributed by atoms with Crippen LogP contribution in [0.5, 0.6) is 0 Å². The van der Waals surface area contributed by atoms with Crippen molar-refractivity contribution in [3.8, 4) is 0 Å². The maximum absolute atomic E-state index is 12.7. The third-order valence-electron chi connectivity index (χ3n) is 3.44. The van der Waals surface area contributed by atoms with Crippen molar-refractivity contribution in [2.45, 2.75) is 14.8 Å². The Morgan fingerprint density at radius 3 is 2.24 bits per heavy atom. The summed E-state index contributed by atoms with van der Waals surface area (Å²) in [5.74, 6) is 0. The van der Waals surface area contributed by atoms with E-state index in [1.807, 2.05) is 0 Å². The van der Waals surface area contributed by atoms with E-state index >= 15 is 0 Å². The summed E-state index contributed by atoms with van der Waals surface area (Å²) in [5, 5.41) is 1.56. The number of hydrogen-bond donors (Lipinski definition) is 0. The van der Waals surface area contributed by atoms with Crippen molar-refractivity contribution >= 4 is 26.7 Å². The highest BCUT2D eigenvalue weighted by Gasteiger charge is 2.13. The fourth-order valence-electron chi connectivity index (χ4n) is 2.21. The van der Waals surface area contributed by atoms with Gasteiger partial charge in [-0.2, -0.15) is 0 Å². The first-order chi connectivity index (χ1) is 12.1. The molecule has 1 atom stereocenters. The highest BCUT2D eigenvalue weighted by Crippen LogP contribution is 2.21. The van der Waals surface area contributed by atoms with Crippen LogP contribution in [0.15, 0.2) is 99.2 Å². The lowest BCUT2D eigenvalue weighted by molar-refractivity contribution is 0.605. The molecule has 0 N–H and O–H groups in total. The van der Waals surface area contributed by atoms with Crippen LogP contribution >= 0.6 is 0 Å². The van der Waals surface area contributed by atoms with Crippen molar-refractivity contribution in [1.29, 1.82) is 0 Å². The Bertz CT molecular complexity index is 1010. The van der Waals surface area contributed by atoms with Crippen LogP contribution in [0.4, 0.5) is 0 Å². The highest BCUT2D eigenvalue weighted by atomic mass is 32.2. The maximum atomic E-state index is 12.7. The average molecular weight is 369 g/mol. The van der Waals surface area contributed by atoms with Crippen LogP contribution in [0.2, 0.25) is 0 Å². The van der Waals surface area contributed by atoms with Crippen LogP contribution in [0.3, 0.4) is 0 Å². The molecule has 0 radical (unpaired) electrons. The van der Waals surface area contributed by atoms with E-state index < -0.39 is 20.6 Å². The molecule has 0 amide bonds. The first-order valence-electron chi connectivity index (χ1n) is 7.48. The predicted molar refractivity (Wildman–Crippen MR) is 98.0 cm³/mol. The number of nitrogens with zero attached hydrogens (tertiary/aromatic N) is 1. The molecule has 2 aromatic carbocycles. The van der Waals surface area contributed by atoms with Gasteiger partial charge in [-0.15, -0.1) is 0 Å². The van der Waals surface area contributed by atoms with Gasteiger partial charge in [-0.3, -0.25) is 0 Å². The number of aromatic nitrogens is 1. The fourth-order valence-corrected chi connectivity index (χ4v) is 4.36. The van der Waals surface area contributed by atoms with E-state index in [-0.39, 0.29) is 4.90 Å². The molecule has 1 unspecified atom stereocenters. The summed E-state index contributed by atoms with van der Waals surface area (Å²) in [4.78, 5) is 4.84. The molecule has 0 fully saturated rings. The molecular weight excluding hydrogens is 354 g/mol. The minimum Gasteiger partial charge on any atom is -0.247 e. The van der Waals surface area contributed by atoms with Crippen LogP contribution < -0.4 is 0 Å². The van der Waals surface area contributed by atoms with Crippen molar-refractivity contribution in [3.05, 3.63) is 90.0 Å². The second-order valence-corrected chi connectivity index (χ2v) is 8.36. The summed E-state index contributed by atoms with van der Waals surface area (Å²) in [7, 11) is -5.05. The molecule has 6 heteroatoms. The van der Waals surface area contributed by atoms with E-state index in [0.717, 1.165) is 5.41 Å².